The molecule has 55 heavy (non-hydrogen) atoms. The molecule has 2 aliphatic carbocycles. The third-order valence-corrected chi connectivity index (χ3v) is 11.7. The zero-order valence-electron chi connectivity index (χ0n) is 31.5. The molecule has 3 amide bonds. The van der Waals surface area contributed by atoms with E-state index >= 15 is 0 Å². The average molecular weight is 775 g/mol. The van der Waals surface area contributed by atoms with Gasteiger partial charge in [0.25, 0.3) is 0 Å². The van der Waals surface area contributed by atoms with Crippen LogP contribution in [0.25, 0.3) is 22.3 Å². The van der Waals surface area contributed by atoms with Gasteiger partial charge >= 0.3 is 12.1 Å². The van der Waals surface area contributed by atoms with Crippen LogP contribution in [-0.4, -0.2) is 93.4 Å². The lowest BCUT2D eigenvalue weighted by molar-refractivity contribution is -0.145. The molecule has 2 aromatic heterocycles. The highest BCUT2D eigenvalue weighted by molar-refractivity contribution is 7.14. The summed E-state index contributed by atoms with van der Waals surface area (Å²) in [5.74, 6) is -1.37. The van der Waals surface area contributed by atoms with Gasteiger partial charge in [0, 0.05) is 41.3 Å². The second kappa shape index (κ2) is 16.4. The van der Waals surface area contributed by atoms with Gasteiger partial charge in [-0.2, -0.15) is 0 Å². The van der Waals surface area contributed by atoms with Crippen molar-refractivity contribution in [2.45, 2.75) is 120 Å². The monoisotopic (exact) mass is 774 g/mol. The first-order valence-corrected chi connectivity index (χ1v) is 20.3. The molecule has 2 aliphatic heterocycles. The normalized spacial score (nSPS) is 26.1. The van der Waals surface area contributed by atoms with E-state index < -0.39 is 47.6 Å². The van der Waals surface area contributed by atoms with Gasteiger partial charge in [0.15, 0.2) is 5.13 Å². The Hall–Kier alpha value is -4.92. The Kier molecular flexibility index (Phi) is 11.5. The number of carbonyl (C=O) groups is 4. The average Bonchev–Trinajstić information content (AvgIpc) is 3.58. The van der Waals surface area contributed by atoms with Gasteiger partial charge in [-0.1, -0.05) is 25.0 Å². The predicted octanol–water partition coefficient (Wildman–Crippen LogP) is 6.05. The number of pyridine rings is 1. The van der Waals surface area contributed by atoms with Crippen LogP contribution >= 0.6 is 11.3 Å². The second-order valence-electron chi connectivity index (χ2n) is 15.4. The Balaban J connectivity index is 1.20. The predicted molar refractivity (Wildman–Crippen MR) is 207 cm³/mol. The SMILES string of the molecule is COc1ccc2c(O[C@@H]3C[C@H]4C(=O)N[C@]5(C(=O)O)C[C@H]5C=CCCCCC[C@H](NC(=O)OC5CCCC5)C(=O)N4C3)cc(-c3csc(NC(C)C)n3)nc2c1. The van der Waals surface area contributed by atoms with E-state index in [9.17, 15) is 24.3 Å². The smallest absolute Gasteiger partial charge is 0.408 e. The number of anilines is 1. The maximum atomic E-state index is 14.5. The molecule has 14 nitrogen and oxygen atoms in total. The molecule has 0 bridgehead atoms. The van der Waals surface area contributed by atoms with Gasteiger partial charge < -0.3 is 40.2 Å². The fraction of sp³-hybridized carbons (Fsp3) is 0.550. The van der Waals surface area contributed by atoms with Gasteiger partial charge in [0.1, 0.15) is 47.0 Å². The first kappa shape index (κ1) is 38.4. The molecular weight excluding hydrogens is 725 g/mol. The lowest BCUT2D eigenvalue weighted by atomic mass is 10.0. The number of aliphatic carboxylic acids is 1. The summed E-state index contributed by atoms with van der Waals surface area (Å²) < 4.78 is 17.9. The first-order valence-electron chi connectivity index (χ1n) is 19.4. The van der Waals surface area contributed by atoms with Crippen molar-refractivity contribution in [1.82, 2.24) is 25.5 Å². The summed E-state index contributed by atoms with van der Waals surface area (Å²) in [6.45, 7) is 4.11. The van der Waals surface area contributed by atoms with Crippen molar-refractivity contribution in [2.75, 3.05) is 19.0 Å². The summed E-state index contributed by atoms with van der Waals surface area (Å²) in [5.41, 5.74) is 0.394. The molecule has 3 fully saturated rings. The molecule has 5 atom stereocenters. The molecule has 3 aromatic rings. The minimum Gasteiger partial charge on any atom is -0.497 e. The number of methoxy groups -OCH3 is 1. The third-order valence-electron chi connectivity index (χ3n) is 10.9. The first-order chi connectivity index (χ1) is 26.5. The highest BCUT2D eigenvalue weighted by Crippen LogP contribution is 2.45. The van der Waals surface area contributed by atoms with Gasteiger partial charge in [-0.3, -0.25) is 9.59 Å². The zero-order valence-corrected chi connectivity index (χ0v) is 32.4. The number of thiazole rings is 1. The molecule has 0 spiro atoms. The van der Waals surface area contributed by atoms with E-state index in [1.165, 1.54) is 16.2 Å². The van der Waals surface area contributed by atoms with Crippen LogP contribution in [0.5, 0.6) is 11.5 Å². The molecule has 7 rings (SSSR count). The van der Waals surface area contributed by atoms with Crippen LogP contribution in [0.15, 0.2) is 41.8 Å². The van der Waals surface area contributed by atoms with Crippen LogP contribution in [0.4, 0.5) is 9.93 Å². The molecule has 0 radical (unpaired) electrons. The lowest BCUT2D eigenvalue weighted by Crippen LogP contribution is -2.56. The topological polar surface area (TPSA) is 181 Å². The lowest BCUT2D eigenvalue weighted by Gasteiger charge is -2.29. The summed E-state index contributed by atoms with van der Waals surface area (Å²) in [6, 6.07) is 5.50. The summed E-state index contributed by atoms with van der Waals surface area (Å²) in [5, 5.41) is 22.6. The largest absolute Gasteiger partial charge is 0.497 e. The molecule has 4 N–H and O–H groups in total. The quantitative estimate of drug-likeness (QED) is 0.186. The van der Waals surface area contributed by atoms with Crippen molar-refractivity contribution in [2.24, 2.45) is 5.92 Å². The summed E-state index contributed by atoms with van der Waals surface area (Å²) >= 11 is 1.47. The van der Waals surface area contributed by atoms with Gasteiger partial charge in [-0.05, 0) is 77.3 Å². The molecule has 1 saturated heterocycles. The molecular formula is C40H50N6O8S. The van der Waals surface area contributed by atoms with Crippen molar-refractivity contribution in [1.29, 1.82) is 0 Å². The molecule has 15 heteroatoms. The van der Waals surface area contributed by atoms with Crippen LogP contribution in [0, 0.1) is 5.92 Å². The van der Waals surface area contributed by atoms with E-state index in [4.69, 9.17) is 24.2 Å². The molecule has 1 aromatic carbocycles. The van der Waals surface area contributed by atoms with E-state index in [-0.39, 0.29) is 37.5 Å². The van der Waals surface area contributed by atoms with Crippen LogP contribution < -0.4 is 25.4 Å². The maximum absolute atomic E-state index is 14.5. The minimum absolute atomic E-state index is 0.0324. The number of ether oxygens (including phenoxy) is 3. The summed E-state index contributed by atoms with van der Waals surface area (Å²) in [7, 11) is 1.58. The molecule has 0 unspecified atom stereocenters. The number of nitrogens with zero attached hydrogens (tertiary/aromatic N) is 3. The molecule has 4 heterocycles. The van der Waals surface area contributed by atoms with E-state index in [2.05, 4.69) is 16.0 Å². The number of alkyl carbamates (subject to hydrolysis) is 1. The summed E-state index contributed by atoms with van der Waals surface area (Å²) in [6.07, 6.45) is 9.71. The summed E-state index contributed by atoms with van der Waals surface area (Å²) in [4.78, 5) is 65.5. The number of aromatic nitrogens is 2. The van der Waals surface area contributed by atoms with Gasteiger partial charge in [-0.15, -0.1) is 11.3 Å². The standard InChI is InChI=1S/C40H50N6O8S/c1-23(2)41-38-43-32(22-55-38)31-19-34(28-16-15-26(52-3)17-30(28)42-31)53-27-18-33-35(47)45-40(37(49)50)20-24(40)11-7-5-4-6-8-14-29(36(48)46(33)21-27)44-39(51)54-25-12-9-10-13-25/h7,11,15-17,19,22-25,27,29,33H,4-6,8-10,12-14,18,20-21H2,1-3H3,(H,41,43)(H,44,51)(H,45,47)(H,49,50)/t24-,27-,29+,33+,40-/m1/s1. The van der Waals surface area contributed by atoms with Crippen molar-refractivity contribution >= 4 is 51.2 Å². The Morgan fingerprint density at radius 3 is 2.60 bits per heavy atom. The zero-order chi connectivity index (χ0) is 38.7. The minimum atomic E-state index is -1.45. The number of rotatable bonds is 9. The number of hydrogen-bond acceptors (Lipinski definition) is 11. The number of benzene rings is 1. The van der Waals surface area contributed by atoms with Crippen LogP contribution in [0.1, 0.15) is 84.5 Å². The number of hydrogen-bond donors (Lipinski definition) is 4. The van der Waals surface area contributed by atoms with Crippen LogP contribution in [0.3, 0.4) is 0 Å². The number of allylic oxidation sites excluding steroid dienone is 1. The van der Waals surface area contributed by atoms with Crippen molar-refractivity contribution in [3.8, 4) is 22.9 Å². The molecule has 294 valence electrons. The van der Waals surface area contributed by atoms with E-state index in [1.807, 2.05) is 55.6 Å². The number of carboxylic acid groups (broad SMARTS) is 1. The van der Waals surface area contributed by atoms with E-state index in [1.54, 1.807) is 7.11 Å². The van der Waals surface area contributed by atoms with Crippen LogP contribution in [-0.2, 0) is 19.1 Å². The Labute approximate surface area is 324 Å². The van der Waals surface area contributed by atoms with E-state index in [0.717, 1.165) is 50.1 Å². The van der Waals surface area contributed by atoms with Crippen LogP contribution in [0.2, 0.25) is 0 Å². The Morgan fingerprint density at radius 2 is 1.84 bits per heavy atom. The highest BCUT2D eigenvalue weighted by Gasteiger charge is 2.61. The highest BCUT2D eigenvalue weighted by atomic mass is 32.1. The number of amides is 3. The van der Waals surface area contributed by atoms with Crippen molar-refractivity contribution in [3.63, 3.8) is 0 Å². The fourth-order valence-electron chi connectivity index (χ4n) is 7.90. The maximum Gasteiger partial charge on any atom is 0.408 e. The number of nitrogens with one attached hydrogen (secondary N) is 3. The second-order valence-corrected chi connectivity index (χ2v) is 16.2. The number of fused-ring (bicyclic) bond motifs is 3. The van der Waals surface area contributed by atoms with Gasteiger partial charge in [0.2, 0.25) is 11.8 Å². The third kappa shape index (κ3) is 8.66. The van der Waals surface area contributed by atoms with Gasteiger partial charge in [0.05, 0.1) is 24.9 Å². The Morgan fingerprint density at radius 1 is 1.04 bits per heavy atom. The van der Waals surface area contributed by atoms with Crippen molar-refractivity contribution < 1.29 is 38.5 Å². The van der Waals surface area contributed by atoms with Crippen molar-refractivity contribution in [3.05, 3.63) is 41.8 Å². The van der Waals surface area contributed by atoms with E-state index in [0.29, 0.717) is 46.6 Å². The molecule has 2 saturated carbocycles. The van der Waals surface area contributed by atoms with Gasteiger partial charge in [-0.25, -0.2) is 19.6 Å². The molecule has 4 aliphatic rings. The Bertz CT molecular complexity index is 1940. The fourth-order valence-corrected chi connectivity index (χ4v) is 8.75. The number of carboxylic acids is 1. The number of carbonyl (C=O) groups excluding carboxylic acids is 3.